The average molecular weight is 244 g/mol. The third-order valence-corrected chi connectivity index (χ3v) is 4.52. The van der Waals surface area contributed by atoms with Crippen LogP contribution in [0, 0.1) is 5.82 Å². The van der Waals surface area contributed by atoms with E-state index in [-0.39, 0.29) is 5.82 Å². The fourth-order valence-corrected chi connectivity index (χ4v) is 3.64. The molecule has 2 aliphatic rings. The summed E-state index contributed by atoms with van der Waals surface area (Å²) in [5.41, 5.74) is 3.37. The zero-order chi connectivity index (χ0) is 12.1. The molecule has 2 aromatic rings. The Morgan fingerprint density at radius 2 is 2.22 bits per heavy atom. The van der Waals surface area contributed by atoms with Crippen LogP contribution in [0.15, 0.2) is 18.2 Å². The van der Waals surface area contributed by atoms with E-state index in [1.165, 1.54) is 30.6 Å². The van der Waals surface area contributed by atoms with Crippen LogP contribution in [0.5, 0.6) is 0 Å². The SMILES string of the molecule is Fc1cccc2c3c([nH]c12)C1CCCN(CC3)C1. The van der Waals surface area contributed by atoms with E-state index in [1.807, 2.05) is 6.07 Å². The van der Waals surface area contributed by atoms with E-state index in [1.54, 1.807) is 6.07 Å². The molecular formula is C15H17FN2. The highest BCUT2D eigenvalue weighted by Crippen LogP contribution is 2.36. The first-order chi connectivity index (χ1) is 8.83. The second kappa shape index (κ2) is 3.82. The van der Waals surface area contributed by atoms with Gasteiger partial charge >= 0.3 is 0 Å². The zero-order valence-electron chi connectivity index (χ0n) is 10.4. The van der Waals surface area contributed by atoms with Crippen molar-refractivity contribution in [2.75, 3.05) is 19.6 Å². The van der Waals surface area contributed by atoms with Crippen LogP contribution in [-0.4, -0.2) is 29.5 Å². The Bertz CT molecular complexity index is 602. The van der Waals surface area contributed by atoms with E-state index < -0.39 is 0 Å². The van der Waals surface area contributed by atoms with Crippen molar-refractivity contribution < 1.29 is 4.39 Å². The van der Waals surface area contributed by atoms with Gasteiger partial charge in [-0.1, -0.05) is 12.1 Å². The Kier molecular flexibility index (Phi) is 2.24. The smallest absolute Gasteiger partial charge is 0.147 e. The first kappa shape index (κ1) is 10.6. The number of nitrogens with zero attached hydrogens (tertiary/aromatic N) is 1. The molecule has 0 spiro atoms. The topological polar surface area (TPSA) is 19.0 Å². The number of hydrogen-bond donors (Lipinski definition) is 1. The van der Waals surface area contributed by atoms with E-state index in [2.05, 4.69) is 16.0 Å². The highest BCUT2D eigenvalue weighted by atomic mass is 19.1. The Balaban J connectivity index is 1.94. The third-order valence-electron chi connectivity index (χ3n) is 4.52. The summed E-state index contributed by atoms with van der Waals surface area (Å²) in [5.74, 6) is 0.455. The predicted molar refractivity (Wildman–Crippen MR) is 70.4 cm³/mol. The summed E-state index contributed by atoms with van der Waals surface area (Å²) in [6.45, 7) is 3.49. The number of piperidine rings is 1. The van der Waals surface area contributed by atoms with Gasteiger partial charge in [0.15, 0.2) is 0 Å². The predicted octanol–water partition coefficient (Wildman–Crippen LogP) is 3.04. The van der Waals surface area contributed by atoms with Crippen LogP contribution in [0.3, 0.4) is 0 Å². The molecule has 0 radical (unpaired) electrons. The highest BCUT2D eigenvalue weighted by Gasteiger charge is 2.29. The molecule has 0 aliphatic carbocycles. The number of fused-ring (bicyclic) bond motifs is 6. The van der Waals surface area contributed by atoms with Gasteiger partial charge in [0, 0.05) is 30.1 Å². The molecule has 1 N–H and O–H groups in total. The molecule has 0 amide bonds. The van der Waals surface area contributed by atoms with Crippen LogP contribution in [0.1, 0.15) is 30.0 Å². The molecule has 2 bridgehead atoms. The Morgan fingerprint density at radius 3 is 3.17 bits per heavy atom. The van der Waals surface area contributed by atoms with Gasteiger partial charge in [0.05, 0.1) is 5.52 Å². The summed E-state index contributed by atoms with van der Waals surface area (Å²) in [7, 11) is 0. The molecule has 2 nitrogen and oxygen atoms in total. The molecular weight excluding hydrogens is 227 g/mol. The number of halogens is 1. The van der Waals surface area contributed by atoms with Gasteiger partial charge < -0.3 is 9.88 Å². The number of hydrogen-bond acceptors (Lipinski definition) is 1. The van der Waals surface area contributed by atoms with E-state index in [9.17, 15) is 4.39 Å². The molecule has 2 unspecified atom stereocenters. The standard InChI is InChI=1S/C15H17FN2/c16-13-5-1-4-11-12-6-8-18-7-2-3-10(9-18)14(12)17-15(11)13/h1,4-5,10,17H,2-3,6-9H2. The first-order valence-corrected chi connectivity index (χ1v) is 6.84. The number of H-pyrrole nitrogens is 1. The molecule has 3 heterocycles. The number of aromatic nitrogens is 1. The second-order valence-corrected chi connectivity index (χ2v) is 5.57. The molecule has 1 fully saturated rings. The molecule has 94 valence electrons. The van der Waals surface area contributed by atoms with Gasteiger partial charge in [-0.15, -0.1) is 0 Å². The Morgan fingerprint density at radius 1 is 1.28 bits per heavy atom. The van der Waals surface area contributed by atoms with Crippen LogP contribution in [0.4, 0.5) is 4.39 Å². The van der Waals surface area contributed by atoms with E-state index in [4.69, 9.17) is 0 Å². The van der Waals surface area contributed by atoms with Crippen LogP contribution in [-0.2, 0) is 6.42 Å². The van der Waals surface area contributed by atoms with Gasteiger partial charge in [-0.25, -0.2) is 4.39 Å². The minimum atomic E-state index is -0.117. The van der Waals surface area contributed by atoms with E-state index in [0.717, 1.165) is 24.9 Å². The van der Waals surface area contributed by atoms with E-state index >= 15 is 0 Å². The van der Waals surface area contributed by atoms with Crippen molar-refractivity contribution >= 4 is 10.9 Å². The zero-order valence-corrected chi connectivity index (χ0v) is 10.4. The fraction of sp³-hybridized carbons (Fsp3) is 0.467. The van der Waals surface area contributed by atoms with Gasteiger partial charge in [0.1, 0.15) is 5.82 Å². The lowest BCUT2D eigenvalue weighted by Crippen LogP contribution is -2.33. The van der Waals surface area contributed by atoms with Crippen LogP contribution < -0.4 is 0 Å². The monoisotopic (exact) mass is 244 g/mol. The van der Waals surface area contributed by atoms with Crippen molar-refractivity contribution in [3.63, 3.8) is 0 Å². The van der Waals surface area contributed by atoms with Crippen molar-refractivity contribution in [1.82, 2.24) is 9.88 Å². The molecule has 3 heteroatoms. The molecule has 1 saturated heterocycles. The lowest BCUT2D eigenvalue weighted by molar-refractivity contribution is 0.217. The normalized spacial score (nSPS) is 26.9. The summed E-state index contributed by atoms with van der Waals surface area (Å²) in [6.07, 6.45) is 3.55. The highest BCUT2D eigenvalue weighted by molar-refractivity contribution is 5.85. The molecule has 0 saturated carbocycles. The van der Waals surface area contributed by atoms with Crippen molar-refractivity contribution in [1.29, 1.82) is 0 Å². The number of nitrogens with one attached hydrogen (secondary N) is 1. The average Bonchev–Trinajstić information content (AvgIpc) is 2.72. The molecule has 1 aromatic carbocycles. The number of para-hydroxylation sites is 1. The second-order valence-electron chi connectivity index (χ2n) is 5.57. The maximum Gasteiger partial charge on any atom is 0.147 e. The van der Waals surface area contributed by atoms with Crippen LogP contribution >= 0.6 is 0 Å². The number of aromatic amines is 1. The molecule has 2 atom stereocenters. The Hall–Kier alpha value is -1.35. The molecule has 18 heavy (non-hydrogen) atoms. The molecule has 1 aromatic heterocycles. The van der Waals surface area contributed by atoms with Crippen molar-refractivity contribution in [3.8, 4) is 0 Å². The lowest BCUT2D eigenvalue weighted by Gasteiger charge is -2.29. The minimum absolute atomic E-state index is 0.117. The summed E-state index contributed by atoms with van der Waals surface area (Å²) >= 11 is 0. The van der Waals surface area contributed by atoms with Gasteiger partial charge in [-0.2, -0.15) is 0 Å². The van der Waals surface area contributed by atoms with Crippen LogP contribution in [0.2, 0.25) is 0 Å². The minimum Gasteiger partial charge on any atom is -0.355 e. The third kappa shape index (κ3) is 1.43. The fourth-order valence-electron chi connectivity index (χ4n) is 3.64. The number of rotatable bonds is 0. The lowest BCUT2D eigenvalue weighted by atomic mass is 9.93. The van der Waals surface area contributed by atoms with Crippen molar-refractivity contribution in [3.05, 3.63) is 35.3 Å². The summed E-state index contributed by atoms with van der Waals surface area (Å²) < 4.78 is 13.9. The molecule has 4 rings (SSSR count). The maximum absolute atomic E-state index is 13.9. The number of benzene rings is 1. The largest absolute Gasteiger partial charge is 0.355 e. The maximum atomic E-state index is 13.9. The van der Waals surface area contributed by atoms with Gasteiger partial charge in [-0.3, -0.25) is 0 Å². The summed E-state index contributed by atoms with van der Waals surface area (Å²) in [6, 6.07) is 5.42. The van der Waals surface area contributed by atoms with Gasteiger partial charge in [0.25, 0.3) is 0 Å². The van der Waals surface area contributed by atoms with Crippen LogP contribution in [0.25, 0.3) is 10.9 Å². The van der Waals surface area contributed by atoms with Gasteiger partial charge in [0.2, 0.25) is 0 Å². The molecule has 2 aliphatic heterocycles. The quantitative estimate of drug-likeness (QED) is 0.754. The van der Waals surface area contributed by atoms with Crippen molar-refractivity contribution in [2.24, 2.45) is 0 Å². The summed E-state index contributed by atoms with van der Waals surface area (Å²) in [5, 5.41) is 1.10. The Labute approximate surface area is 106 Å². The van der Waals surface area contributed by atoms with E-state index in [0.29, 0.717) is 11.4 Å². The first-order valence-electron chi connectivity index (χ1n) is 6.84. The van der Waals surface area contributed by atoms with Crippen molar-refractivity contribution in [2.45, 2.75) is 25.2 Å². The van der Waals surface area contributed by atoms with Gasteiger partial charge in [-0.05, 0) is 37.4 Å². The summed E-state index contributed by atoms with van der Waals surface area (Å²) in [4.78, 5) is 5.93.